The number of aliphatic hydroxyl groups is 4. The van der Waals surface area contributed by atoms with E-state index in [2.05, 4.69) is 31.9 Å². The van der Waals surface area contributed by atoms with Gasteiger partial charge in [-0.2, -0.15) is 0 Å². The van der Waals surface area contributed by atoms with Crippen LogP contribution in [-0.2, 0) is 10.5 Å². The first kappa shape index (κ1) is 13.9. The lowest BCUT2D eigenvalue weighted by Crippen LogP contribution is -2.40. The largest absolute Gasteiger partial charge is 0.394 e. The summed E-state index contributed by atoms with van der Waals surface area (Å²) in [5.41, 5.74) is 0. The summed E-state index contributed by atoms with van der Waals surface area (Å²) in [5, 5.41) is 38.8. The van der Waals surface area contributed by atoms with Crippen molar-refractivity contribution in [2.45, 2.75) is 24.1 Å². The van der Waals surface area contributed by atoms with E-state index in [-0.39, 0.29) is 0 Å². The quantitative estimate of drug-likeness (QED) is 0.592. The van der Waals surface area contributed by atoms with Crippen LogP contribution < -0.4 is 0 Å². The summed E-state index contributed by atoms with van der Waals surface area (Å²) < 4.78 is 6.47. The van der Waals surface area contributed by atoms with E-state index in [0.717, 1.165) is 3.79 Å². The van der Waals surface area contributed by atoms with Gasteiger partial charge in [-0.25, -0.2) is 0 Å². The van der Waals surface area contributed by atoms with Crippen molar-refractivity contribution in [1.29, 1.82) is 0 Å². The molecule has 4 atom stereocenters. The van der Waals surface area contributed by atoms with E-state index in [1.165, 1.54) is 11.3 Å². The van der Waals surface area contributed by atoms with E-state index < -0.39 is 30.7 Å². The minimum Gasteiger partial charge on any atom is -0.394 e. The average Bonchev–Trinajstić information content (AvgIpc) is 2.72. The van der Waals surface area contributed by atoms with Crippen LogP contribution in [0, 0.1) is 0 Å². The zero-order valence-electron chi connectivity index (χ0n) is 8.38. The number of halogens is 2. The van der Waals surface area contributed by atoms with Gasteiger partial charge in [0.25, 0.3) is 0 Å². The average molecular weight is 390 g/mol. The van der Waals surface area contributed by atoms with E-state index in [4.69, 9.17) is 9.84 Å². The number of hydrogen-bond donors (Lipinski definition) is 4. The molecule has 2 heterocycles. The highest BCUT2D eigenvalue weighted by Gasteiger charge is 2.55. The molecule has 1 aromatic rings. The molecular formula is C9H10Br2O5S. The van der Waals surface area contributed by atoms with Crippen molar-refractivity contribution in [1.82, 2.24) is 0 Å². The molecule has 5 nitrogen and oxygen atoms in total. The van der Waals surface area contributed by atoms with Gasteiger partial charge in [0.15, 0.2) is 0 Å². The summed E-state index contributed by atoms with van der Waals surface area (Å²) in [6.45, 7) is -0.481. The molecule has 0 bridgehead atoms. The van der Waals surface area contributed by atoms with Gasteiger partial charge >= 0.3 is 0 Å². The zero-order chi connectivity index (χ0) is 12.8. The molecule has 0 aliphatic carbocycles. The number of ether oxygens (including phenoxy) is 1. The first-order valence-electron chi connectivity index (χ1n) is 4.72. The molecular weight excluding hydrogens is 380 g/mol. The molecule has 0 saturated carbocycles. The van der Waals surface area contributed by atoms with Crippen molar-refractivity contribution in [3.05, 3.63) is 19.2 Å². The molecule has 96 valence electrons. The fourth-order valence-corrected chi connectivity index (χ4v) is 4.50. The van der Waals surface area contributed by atoms with Crippen molar-refractivity contribution in [2.24, 2.45) is 0 Å². The Bertz CT molecular complexity index is 426. The van der Waals surface area contributed by atoms with Crippen LogP contribution in [0.5, 0.6) is 0 Å². The zero-order valence-corrected chi connectivity index (χ0v) is 12.4. The Balaban J connectivity index is 2.40. The van der Waals surface area contributed by atoms with Crippen LogP contribution in [0.2, 0.25) is 0 Å². The van der Waals surface area contributed by atoms with Gasteiger partial charge in [-0.05, 0) is 37.9 Å². The lowest BCUT2D eigenvalue weighted by molar-refractivity contribution is -0.238. The van der Waals surface area contributed by atoms with Gasteiger partial charge in [0, 0.05) is 4.47 Å². The first-order chi connectivity index (χ1) is 7.90. The third kappa shape index (κ3) is 2.21. The lowest BCUT2D eigenvalue weighted by Gasteiger charge is -2.25. The fraction of sp³-hybridized carbons (Fsp3) is 0.556. The predicted molar refractivity (Wildman–Crippen MR) is 67.6 cm³/mol. The Morgan fingerprint density at radius 1 is 1.41 bits per heavy atom. The van der Waals surface area contributed by atoms with Gasteiger partial charge in [-0.15, -0.1) is 11.3 Å². The Hall–Kier alpha value is 0.460. The lowest BCUT2D eigenvalue weighted by atomic mass is 10.0. The van der Waals surface area contributed by atoms with Gasteiger partial charge in [0.2, 0.25) is 5.79 Å². The molecule has 0 amide bonds. The second-order valence-electron chi connectivity index (χ2n) is 3.70. The second-order valence-corrected chi connectivity index (χ2v) is 6.98. The van der Waals surface area contributed by atoms with E-state index >= 15 is 0 Å². The van der Waals surface area contributed by atoms with Gasteiger partial charge in [-0.1, -0.05) is 0 Å². The molecule has 17 heavy (non-hydrogen) atoms. The monoisotopic (exact) mass is 388 g/mol. The summed E-state index contributed by atoms with van der Waals surface area (Å²) in [5.74, 6) is -2.01. The summed E-state index contributed by atoms with van der Waals surface area (Å²) in [6.07, 6.45) is -3.86. The number of rotatable bonds is 2. The molecule has 1 aromatic heterocycles. The molecule has 1 aliphatic heterocycles. The van der Waals surface area contributed by atoms with Gasteiger partial charge in [-0.3, -0.25) is 0 Å². The van der Waals surface area contributed by atoms with Crippen LogP contribution in [-0.4, -0.2) is 45.3 Å². The standard InChI is InChI=1S/C9H10Br2O5S/c10-3-1-5(11)17-8(3)9(15)7(14)6(13)4(2-12)16-9/h1,4,6-7,12-15H,2H2/t4-,6-,7-,9+/m1/s1. The summed E-state index contributed by atoms with van der Waals surface area (Å²) in [6, 6.07) is 1.70. The molecule has 1 saturated heterocycles. The number of thiophene rings is 1. The Kier molecular flexibility index (Phi) is 3.97. The molecule has 8 heteroatoms. The van der Waals surface area contributed by atoms with Crippen molar-refractivity contribution >= 4 is 43.2 Å². The predicted octanol–water partition coefficient (Wildman–Crippen LogP) is 0.531. The van der Waals surface area contributed by atoms with Crippen molar-refractivity contribution < 1.29 is 25.2 Å². The highest BCUT2D eigenvalue weighted by molar-refractivity contribution is 9.11. The van der Waals surface area contributed by atoms with Gasteiger partial charge < -0.3 is 25.2 Å². The first-order valence-corrected chi connectivity index (χ1v) is 7.13. The maximum atomic E-state index is 10.3. The Labute approximate surface area is 118 Å². The van der Waals surface area contributed by atoms with E-state index in [0.29, 0.717) is 9.35 Å². The van der Waals surface area contributed by atoms with Crippen LogP contribution in [0.4, 0.5) is 0 Å². The molecule has 1 fully saturated rings. The van der Waals surface area contributed by atoms with Crippen LogP contribution in [0.15, 0.2) is 14.3 Å². The van der Waals surface area contributed by atoms with Crippen molar-refractivity contribution in [2.75, 3.05) is 6.61 Å². The molecule has 1 aliphatic rings. The second kappa shape index (κ2) is 4.86. The smallest absolute Gasteiger partial charge is 0.233 e. The topological polar surface area (TPSA) is 90.2 Å². The molecule has 2 rings (SSSR count). The maximum absolute atomic E-state index is 10.3. The highest BCUT2D eigenvalue weighted by Crippen LogP contribution is 2.45. The molecule has 0 unspecified atom stereocenters. The molecule has 0 aromatic carbocycles. The SMILES string of the molecule is OC[C@H]1O[C@](O)(c2sc(Br)cc2Br)[C@H](O)[C@@H]1O. The number of aliphatic hydroxyl groups excluding tert-OH is 3. The third-order valence-corrected chi connectivity index (χ3v) is 5.23. The minimum absolute atomic E-state index is 0.340. The van der Waals surface area contributed by atoms with E-state index in [1.54, 1.807) is 6.07 Å². The fourth-order valence-electron chi connectivity index (χ4n) is 1.72. The summed E-state index contributed by atoms with van der Waals surface area (Å²) >= 11 is 7.66. The molecule has 4 N–H and O–H groups in total. The van der Waals surface area contributed by atoms with E-state index in [9.17, 15) is 15.3 Å². The van der Waals surface area contributed by atoms with Crippen LogP contribution >= 0.6 is 43.2 Å². The van der Waals surface area contributed by atoms with Crippen molar-refractivity contribution in [3.63, 3.8) is 0 Å². The van der Waals surface area contributed by atoms with Gasteiger partial charge in [0.05, 0.1) is 15.3 Å². The van der Waals surface area contributed by atoms with Crippen LogP contribution in [0.25, 0.3) is 0 Å². The van der Waals surface area contributed by atoms with Gasteiger partial charge in [0.1, 0.15) is 18.3 Å². The normalized spacial score (nSPS) is 37.6. The number of hydrogen-bond acceptors (Lipinski definition) is 6. The van der Waals surface area contributed by atoms with Crippen LogP contribution in [0.1, 0.15) is 4.88 Å². The molecule has 0 radical (unpaired) electrons. The summed E-state index contributed by atoms with van der Waals surface area (Å²) in [7, 11) is 0. The van der Waals surface area contributed by atoms with E-state index in [1.807, 2.05) is 0 Å². The maximum Gasteiger partial charge on any atom is 0.233 e. The Morgan fingerprint density at radius 2 is 2.06 bits per heavy atom. The Morgan fingerprint density at radius 3 is 2.47 bits per heavy atom. The minimum atomic E-state index is -2.01. The van der Waals surface area contributed by atoms with Crippen molar-refractivity contribution in [3.8, 4) is 0 Å². The highest BCUT2D eigenvalue weighted by atomic mass is 79.9. The molecule has 0 spiro atoms. The van der Waals surface area contributed by atoms with Crippen LogP contribution in [0.3, 0.4) is 0 Å². The third-order valence-electron chi connectivity index (χ3n) is 2.60. The summed E-state index contributed by atoms with van der Waals surface area (Å²) in [4.78, 5) is 0.340.